The van der Waals surface area contributed by atoms with Gasteiger partial charge >= 0.3 is 6.18 Å². The maximum Gasteiger partial charge on any atom is 0.416 e. The summed E-state index contributed by atoms with van der Waals surface area (Å²) >= 11 is 0. The molecule has 2 aromatic rings. The molecule has 0 aromatic heterocycles. The highest BCUT2D eigenvalue weighted by molar-refractivity contribution is 6.02. The Morgan fingerprint density at radius 2 is 1.56 bits per heavy atom. The summed E-state index contributed by atoms with van der Waals surface area (Å²) in [6.45, 7) is 1.37. The van der Waals surface area contributed by atoms with Gasteiger partial charge in [-0.25, -0.2) is 0 Å². The predicted molar refractivity (Wildman–Crippen MR) is 89.9 cm³/mol. The number of carbonyl (C=O) groups excluding carboxylic acids is 2. The van der Waals surface area contributed by atoms with E-state index in [-0.39, 0.29) is 5.91 Å². The van der Waals surface area contributed by atoms with Crippen molar-refractivity contribution >= 4 is 29.3 Å². The number of hydrogen-bond donors (Lipinski definition) is 2. The van der Waals surface area contributed by atoms with Gasteiger partial charge in [0.2, 0.25) is 11.8 Å². The van der Waals surface area contributed by atoms with Crippen LogP contribution in [-0.4, -0.2) is 11.8 Å². The van der Waals surface area contributed by atoms with E-state index in [1.807, 2.05) is 0 Å². The molecule has 7 heteroatoms. The Bertz CT molecular complexity index is 797. The van der Waals surface area contributed by atoms with Crippen LogP contribution in [0.5, 0.6) is 0 Å². The van der Waals surface area contributed by atoms with Crippen molar-refractivity contribution in [3.63, 3.8) is 0 Å². The molecule has 0 unspecified atom stereocenters. The molecule has 0 saturated heterocycles. The van der Waals surface area contributed by atoms with Gasteiger partial charge in [0.05, 0.1) is 5.56 Å². The molecule has 0 saturated carbocycles. The molecule has 130 valence electrons. The standard InChI is InChI=1S/C18H15F3N2O2/c1-12(24)22-15-3-2-4-16(11-15)23-17(25)10-7-13-5-8-14(9-6-13)18(19,20)21/h2-11H,1H3,(H,22,24)(H,23,25)/b10-7+. The summed E-state index contributed by atoms with van der Waals surface area (Å²) < 4.78 is 37.4. The van der Waals surface area contributed by atoms with Crippen LogP contribution in [0.3, 0.4) is 0 Å². The number of amides is 2. The summed E-state index contributed by atoms with van der Waals surface area (Å²) in [6, 6.07) is 11.0. The zero-order chi connectivity index (χ0) is 18.4. The molecule has 0 spiro atoms. The lowest BCUT2D eigenvalue weighted by molar-refractivity contribution is -0.137. The topological polar surface area (TPSA) is 58.2 Å². The number of nitrogens with one attached hydrogen (secondary N) is 2. The van der Waals surface area contributed by atoms with Gasteiger partial charge in [0.1, 0.15) is 0 Å². The fourth-order valence-corrected chi connectivity index (χ4v) is 2.02. The average molecular weight is 348 g/mol. The second kappa shape index (κ2) is 7.65. The number of hydrogen-bond acceptors (Lipinski definition) is 2. The number of alkyl halides is 3. The summed E-state index contributed by atoms with van der Waals surface area (Å²) in [6.07, 6.45) is -1.76. The molecule has 0 aliphatic heterocycles. The van der Waals surface area contributed by atoms with E-state index < -0.39 is 17.6 Å². The minimum Gasteiger partial charge on any atom is -0.326 e. The molecule has 2 rings (SSSR count). The number of anilines is 2. The van der Waals surface area contributed by atoms with Crippen molar-refractivity contribution in [2.24, 2.45) is 0 Å². The van der Waals surface area contributed by atoms with E-state index in [4.69, 9.17) is 0 Å². The Kier molecular flexibility index (Phi) is 5.59. The van der Waals surface area contributed by atoms with Crippen LogP contribution in [0.1, 0.15) is 18.1 Å². The summed E-state index contributed by atoms with van der Waals surface area (Å²) in [7, 11) is 0. The van der Waals surface area contributed by atoms with E-state index in [2.05, 4.69) is 10.6 Å². The zero-order valence-corrected chi connectivity index (χ0v) is 13.2. The van der Waals surface area contributed by atoms with E-state index in [1.165, 1.54) is 31.2 Å². The van der Waals surface area contributed by atoms with Gasteiger partial charge in [-0.15, -0.1) is 0 Å². The predicted octanol–water partition coefficient (Wildman–Crippen LogP) is 4.32. The first kappa shape index (κ1) is 18.3. The number of halogens is 3. The van der Waals surface area contributed by atoms with Gasteiger partial charge in [0, 0.05) is 24.4 Å². The summed E-state index contributed by atoms with van der Waals surface area (Å²) in [5.74, 6) is -0.675. The van der Waals surface area contributed by atoms with Crippen LogP contribution < -0.4 is 10.6 Å². The first-order valence-electron chi connectivity index (χ1n) is 7.28. The second-order valence-corrected chi connectivity index (χ2v) is 5.20. The van der Waals surface area contributed by atoms with Crippen molar-refractivity contribution < 1.29 is 22.8 Å². The highest BCUT2D eigenvalue weighted by Gasteiger charge is 2.29. The summed E-state index contributed by atoms with van der Waals surface area (Å²) in [5.41, 5.74) is 0.740. The summed E-state index contributed by atoms with van der Waals surface area (Å²) in [4.78, 5) is 22.9. The number of rotatable bonds is 4. The van der Waals surface area contributed by atoms with Gasteiger partial charge in [0.25, 0.3) is 0 Å². The van der Waals surface area contributed by atoms with Crippen molar-refractivity contribution in [1.29, 1.82) is 0 Å². The molecule has 0 fully saturated rings. The second-order valence-electron chi connectivity index (χ2n) is 5.20. The van der Waals surface area contributed by atoms with Crippen LogP contribution in [0.2, 0.25) is 0 Å². The average Bonchev–Trinajstić information content (AvgIpc) is 2.52. The molecule has 2 amide bonds. The minimum absolute atomic E-state index is 0.231. The molecule has 0 aliphatic rings. The lowest BCUT2D eigenvalue weighted by Crippen LogP contribution is -2.09. The third-order valence-corrected chi connectivity index (χ3v) is 3.12. The Morgan fingerprint density at radius 3 is 2.12 bits per heavy atom. The molecular weight excluding hydrogens is 333 g/mol. The molecule has 25 heavy (non-hydrogen) atoms. The molecule has 0 aliphatic carbocycles. The molecule has 0 radical (unpaired) electrons. The molecule has 0 heterocycles. The fourth-order valence-electron chi connectivity index (χ4n) is 2.02. The number of benzene rings is 2. The third kappa shape index (κ3) is 5.80. The largest absolute Gasteiger partial charge is 0.416 e. The SMILES string of the molecule is CC(=O)Nc1cccc(NC(=O)/C=C/c2ccc(C(F)(F)F)cc2)c1. The van der Waals surface area contributed by atoms with Crippen molar-refractivity contribution in [2.45, 2.75) is 13.1 Å². The van der Waals surface area contributed by atoms with Crippen LogP contribution in [0.4, 0.5) is 24.5 Å². The molecule has 2 N–H and O–H groups in total. The fraction of sp³-hybridized carbons (Fsp3) is 0.111. The Balaban J connectivity index is 2.00. The molecule has 4 nitrogen and oxygen atoms in total. The van der Waals surface area contributed by atoms with Gasteiger partial charge in [-0.2, -0.15) is 13.2 Å². The smallest absolute Gasteiger partial charge is 0.326 e. The highest BCUT2D eigenvalue weighted by atomic mass is 19.4. The van der Waals surface area contributed by atoms with Gasteiger partial charge in [0.15, 0.2) is 0 Å². The maximum atomic E-state index is 12.5. The van der Waals surface area contributed by atoms with E-state index >= 15 is 0 Å². The van der Waals surface area contributed by atoms with Crippen molar-refractivity contribution in [2.75, 3.05) is 10.6 Å². The lowest BCUT2D eigenvalue weighted by Gasteiger charge is -2.06. The first-order valence-corrected chi connectivity index (χ1v) is 7.28. The Labute approximate surface area is 142 Å². The van der Waals surface area contributed by atoms with Gasteiger partial charge in [-0.1, -0.05) is 18.2 Å². The molecule has 2 aromatic carbocycles. The van der Waals surface area contributed by atoms with E-state index in [1.54, 1.807) is 24.3 Å². The minimum atomic E-state index is -4.39. The van der Waals surface area contributed by atoms with E-state index in [0.717, 1.165) is 12.1 Å². The van der Waals surface area contributed by atoms with E-state index in [9.17, 15) is 22.8 Å². The molecular formula is C18H15F3N2O2. The monoisotopic (exact) mass is 348 g/mol. The van der Waals surface area contributed by atoms with Gasteiger partial charge in [-0.3, -0.25) is 9.59 Å². The van der Waals surface area contributed by atoms with Crippen molar-refractivity contribution in [3.05, 3.63) is 65.7 Å². The van der Waals surface area contributed by atoms with Crippen LogP contribution in [0, 0.1) is 0 Å². The van der Waals surface area contributed by atoms with Crippen LogP contribution in [0.15, 0.2) is 54.6 Å². The zero-order valence-electron chi connectivity index (χ0n) is 13.2. The van der Waals surface area contributed by atoms with Crippen LogP contribution in [-0.2, 0) is 15.8 Å². The third-order valence-electron chi connectivity index (χ3n) is 3.12. The molecule has 0 bridgehead atoms. The normalized spacial score (nSPS) is 11.4. The van der Waals surface area contributed by atoms with Crippen molar-refractivity contribution in [1.82, 2.24) is 0 Å². The van der Waals surface area contributed by atoms with Crippen molar-refractivity contribution in [3.8, 4) is 0 Å². The Morgan fingerprint density at radius 1 is 0.960 bits per heavy atom. The van der Waals surface area contributed by atoms with Crippen LogP contribution in [0.25, 0.3) is 6.08 Å². The quantitative estimate of drug-likeness (QED) is 0.809. The highest BCUT2D eigenvalue weighted by Crippen LogP contribution is 2.29. The maximum absolute atomic E-state index is 12.5. The van der Waals surface area contributed by atoms with E-state index in [0.29, 0.717) is 16.9 Å². The van der Waals surface area contributed by atoms with Gasteiger partial charge < -0.3 is 10.6 Å². The van der Waals surface area contributed by atoms with Gasteiger partial charge in [-0.05, 0) is 42.0 Å². The number of carbonyl (C=O) groups is 2. The lowest BCUT2D eigenvalue weighted by atomic mass is 10.1. The van der Waals surface area contributed by atoms with Crippen LogP contribution >= 0.6 is 0 Å². The molecule has 0 atom stereocenters. The summed E-state index contributed by atoms with van der Waals surface area (Å²) in [5, 5.41) is 5.20. The Hall–Kier alpha value is -3.09. The first-order chi connectivity index (χ1) is 11.7.